The molecule has 16 rings (SSSR count). The lowest BCUT2D eigenvalue weighted by Crippen LogP contribution is -2.05. The fourth-order valence-electron chi connectivity index (χ4n) is 10.8. The van der Waals surface area contributed by atoms with Gasteiger partial charge in [0.05, 0.1) is 63.6 Å². The third kappa shape index (κ3) is 15.6. The number of aryl methyl sites for hydroxylation is 1. The average Bonchev–Trinajstić information content (AvgIpc) is 1.62. The molecule has 0 fully saturated rings. The average molecular weight is 1480 g/mol. The van der Waals surface area contributed by atoms with Crippen LogP contribution in [0.1, 0.15) is 38.2 Å². The van der Waals surface area contributed by atoms with Gasteiger partial charge in [0.1, 0.15) is 78.8 Å². The fraction of sp³-hybridized carbons (Fsp3) is 0.0685. The molecule has 0 aliphatic heterocycles. The monoisotopic (exact) mass is 1480 g/mol. The Morgan fingerprint density at radius 2 is 0.828 bits per heavy atom. The van der Waals surface area contributed by atoms with Crippen molar-refractivity contribution in [2.45, 2.75) is 32.0 Å². The number of fused-ring (bicyclic) bond motifs is 7. The lowest BCUT2D eigenvalue weighted by atomic mass is 10.1. The van der Waals surface area contributed by atoms with Gasteiger partial charge in [-0.25, -0.2) is 63.0 Å². The fourth-order valence-corrected chi connectivity index (χ4v) is 12.4. The van der Waals surface area contributed by atoms with E-state index in [1.54, 1.807) is 15.4 Å². The molecule has 0 radical (unpaired) electrons. The highest BCUT2D eigenvalue weighted by Crippen LogP contribution is 2.36. The molecule has 6 N–H and O–H groups in total. The lowest BCUT2D eigenvalue weighted by Gasteiger charge is -2.07. The Kier molecular flexibility index (Phi) is 21.1. The molecular weight excluding hydrogens is 1430 g/mol. The second-order valence-corrected chi connectivity index (χ2v) is 24.5. The predicted octanol–water partition coefficient (Wildman–Crippen LogP) is 17.8. The normalized spacial score (nSPS) is 11.1. The van der Waals surface area contributed by atoms with E-state index in [4.69, 9.17) is 79.7 Å². The highest BCUT2D eigenvalue weighted by atomic mass is 79.9. The van der Waals surface area contributed by atoms with E-state index in [1.165, 1.54) is 36.9 Å². The van der Waals surface area contributed by atoms with Crippen molar-refractivity contribution in [3.63, 3.8) is 0 Å². The summed E-state index contributed by atoms with van der Waals surface area (Å²) in [6, 6.07) is 56.5. The Bertz CT molecular complexity index is 5390. The number of aliphatic hydroxyl groups is 1. The molecule has 9 heterocycles. The van der Waals surface area contributed by atoms with Crippen LogP contribution in [0.3, 0.4) is 0 Å². The number of aromatic hydroxyl groups is 1. The van der Waals surface area contributed by atoms with E-state index in [0.717, 1.165) is 88.2 Å². The summed E-state index contributed by atoms with van der Waals surface area (Å²) in [5, 5.41) is 36.8. The molecule has 9 aromatic heterocycles. The molecule has 0 atom stereocenters. The first kappa shape index (κ1) is 68.5. The van der Waals surface area contributed by atoms with Gasteiger partial charge in [0, 0.05) is 71.7 Å². The van der Waals surface area contributed by atoms with Crippen LogP contribution in [0, 0.1) is 18.6 Å². The molecule has 0 saturated carbocycles. The van der Waals surface area contributed by atoms with Crippen LogP contribution in [-0.2, 0) is 25.0 Å². The molecule has 0 aliphatic carbocycles. The number of phenolic OH excluding ortho intramolecular Hbond substituents is 1. The standard InChI is InChI=1S/C22H16ClFN6.C21H14ClFN6O.C10H7BrClN.C10H8ClNO.C10H6ClNO/c1-12-6-14(9-16(24)7-12)19-18-21(25)26-11-27-22(18)30(29-19)10-15-8-13-4-2-3-5-17(13)28-20(15)23;22-19-13(5-11-3-1-2-4-16(11)27-19)9-29-21-17(20(24)25-10-26-21)18(28-29)12-6-14(23)8-15(30)7-12;11-6-8-5-7-3-1-2-4-9(7)13-10(8)12;2*11-10-8(6-13)5-7-3-1-2-4-9(7)12-10/h2-9,11H,10H2,1H3,(H2,25,26,27);1-8,10,30H,9H2,(H2,24,25,26);1-5H,6H2;1-5,13H,6H2;1-6H. The number of para-hydroxylation sites is 5. The number of hydrogen-bond acceptors (Lipinski definition) is 16. The first-order chi connectivity index (χ1) is 47.9. The highest BCUT2D eigenvalue weighted by molar-refractivity contribution is 9.08. The van der Waals surface area contributed by atoms with Crippen LogP contribution < -0.4 is 11.5 Å². The second-order valence-electron chi connectivity index (χ2n) is 22.1. The first-order valence-corrected chi connectivity index (χ1v) is 33.0. The number of anilines is 2. The lowest BCUT2D eigenvalue weighted by molar-refractivity contribution is 0.112. The van der Waals surface area contributed by atoms with Gasteiger partial charge in [-0.1, -0.05) is 165 Å². The molecular formula is C73H51BrCl5F2N15O3. The van der Waals surface area contributed by atoms with Gasteiger partial charge >= 0.3 is 0 Å². The molecule has 0 unspecified atom stereocenters. The third-order valence-corrected chi connectivity index (χ3v) is 17.6. The van der Waals surface area contributed by atoms with Crippen molar-refractivity contribution in [1.82, 2.24) is 64.4 Å². The number of benzene rings is 7. The molecule has 492 valence electrons. The number of alkyl halides is 1. The number of pyridine rings is 5. The number of hydrogen-bond donors (Lipinski definition) is 4. The smallest absolute Gasteiger partial charge is 0.164 e. The molecule has 99 heavy (non-hydrogen) atoms. The van der Waals surface area contributed by atoms with Gasteiger partial charge in [-0.15, -0.1) is 0 Å². The van der Waals surface area contributed by atoms with Gasteiger partial charge < -0.3 is 21.7 Å². The van der Waals surface area contributed by atoms with Gasteiger partial charge in [-0.05, 0) is 103 Å². The molecule has 0 bridgehead atoms. The largest absolute Gasteiger partial charge is 0.508 e. The van der Waals surface area contributed by atoms with Crippen LogP contribution in [0.25, 0.3) is 99.1 Å². The Labute approximate surface area is 595 Å². The summed E-state index contributed by atoms with van der Waals surface area (Å²) in [5.41, 5.74) is 23.7. The second kappa shape index (κ2) is 30.5. The van der Waals surface area contributed by atoms with Gasteiger partial charge in [0.15, 0.2) is 17.6 Å². The molecule has 0 saturated heterocycles. The summed E-state index contributed by atoms with van der Waals surface area (Å²) in [5.74, 6) is -0.668. The SMILES string of the molecule is Cc1cc(F)cc(-c2nn(Cc3cc4ccccc4nc3Cl)c3ncnc(N)c23)c1.Clc1nc2ccccc2cc1CBr.Nc1ncnc2c1c(-c1cc(O)cc(F)c1)nn2Cc1cc2ccccc2nc1Cl.O=Cc1cc2ccccc2nc1Cl.OCc1cc2ccccc2nc1Cl. The Morgan fingerprint density at radius 1 is 0.465 bits per heavy atom. The number of nitrogen functional groups attached to an aromatic ring is 2. The van der Waals surface area contributed by atoms with Crippen LogP contribution in [-0.4, -0.2) is 80.9 Å². The zero-order valence-electron chi connectivity index (χ0n) is 51.8. The maximum Gasteiger partial charge on any atom is 0.164 e. The summed E-state index contributed by atoms with van der Waals surface area (Å²) in [6.45, 7) is 2.35. The number of halogens is 8. The summed E-state index contributed by atoms with van der Waals surface area (Å²) in [6.07, 6.45) is 3.43. The molecule has 16 aromatic rings. The van der Waals surface area contributed by atoms with Crippen molar-refractivity contribution in [3.05, 3.63) is 271 Å². The van der Waals surface area contributed by atoms with Crippen molar-refractivity contribution in [2.24, 2.45) is 0 Å². The van der Waals surface area contributed by atoms with E-state index in [1.807, 2.05) is 153 Å². The van der Waals surface area contributed by atoms with Crippen molar-refractivity contribution in [1.29, 1.82) is 0 Å². The summed E-state index contributed by atoms with van der Waals surface area (Å²) in [4.78, 5) is 48.8. The van der Waals surface area contributed by atoms with Crippen LogP contribution in [0.2, 0.25) is 25.8 Å². The van der Waals surface area contributed by atoms with E-state index in [2.05, 4.69) is 72.0 Å². The Hall–Kier alpha value is -10.5. The molecule has 18 nitrogen and oxygen atoms in total. The molecule has 0 amide bonds. The molecule has 7 aromatic carbocycles. The van der Waals surface area contributed by atoms with Crippen molar-refractivity contribution in [2.75, 3.05) is 11.5 Å². The van der Waals surface area contributed by atoms with E-state index < -0.39 is 5.82 Å². The minimum atomic E-state index is -0.593. The number of aldehydes is 1. The van der Waals surface area contributed by atoms with Crippen LogP contribution in [0.5, 0.6) is 5.75 Å². The van der Waals surface area contributed by atoms with Crippen LogP contribution >= 0.6 is 73.9 Å². The number of nitrogens with zero attached hydrogens (tertiary/aromatic N) is 13. The van der Waals surface area contributed by atoms with E-state index in [-0.39, 0.29) is 41.5 Å². The molecule has 26 heteroatoms. The maximum atomic E-state index is 14.0. The number of phenols is 1. The van der Waals surface area contributed by atoms with Gasteiger partial charge in [-0.2, -0.15) is 10.2 Å². The zero-order chi connectivity index (χ0) is 69.4. The van der Waals surface area contributed by atoms with Crippen molar-refractivity contribution >= 4 is 168 Å². The Morgan fingerprint density at radius 3 is 1.23 bits per heavy atom. The summed E-state index contributed by atoms with van der Waals surface area (Å²) < 4.78 is 31.2. The first-order valence-electron chi connectivity index (χ1n) is 30.0. The van der Waals surface area contributed by atoms with Gasteiger partial charge in [0.25, 0.3) is 0 Å². The number of rotatable bonds is 9. The van der Waals surface area contributed by atoms with Crippen LogP contribution in [0.4, 0.5) is 20.4 Å². The van der Waals surface area contributed by atoms with E-state index in [9.17, 15) is 18.7 Å². The number of nitrogens with two attached hydrogens (primary N) is 2. The minimum absolute atomic E-state index is 0.0728. The quantitative estimate of drug-likeness (QED) is 0.0595. The highest BCUT2D eigenvalue weighted by Gasteiger charge is 2.22. The zero-order valence-corrected chi connectivity index (χ0v) is 57.1. The minimum Gasteiger partial charge on any atom is -0.508 e. The number of aliphatic hydroxyl groups excluding tert-OH is 1. The summed E-state index contributed by atoms with van der Waals surface area (Å²) in [7, 11) is 0. The number of aromatic nitrogens is 13. The summed E-state index contributed by atoms with van der Waals surface area (Å²) >= 11 is 33.8. The van der Waals surface area contributed by atoms with E-state index in [0.29, 0.717) is 89.2 Å². The van der Waals surface area contributed by atoms with Crippen LogP contribution in [0.15, 0.2) is 201 Å². The topological polar surface area (TPSA) is 261 Å². The molecule has 0 aliphatic rings. The maximum absolute atomic E-state index is 14.0. The van der Waals surface area contributed by atoms with Gasteiger partial charge in [-0.3, -0.25) is 4.79 Å². The van der Waals surface area contributed by atoms with Crippen molar-refractivity contribution in [3.8, 4) is 28.3 Å². The predicted molar refractivity (Wildman–Crippen MR) is 393 cm³/mol. The number of carbonyl (C=O) groups is 1. The van der Waals surface area contributed by atoms with E-state index >= 15 is 0 Å². The molecule has 0 spiro atoms. The van der Waals surface area contributed by atoms with Crippen molar-refractivity contribution < 1.29 is 23.8 Å². The third-order valence-electron chi connectivity index (χ3n) is 15.4. The Balaban J connectivity index is 0.000000125. The van der Waals surface area contributed by atoms with Gasteiger partial charge in [0.2, 0.25) is 0 Å². The number of carbonyl (C=O) groups excluding carboxylic acids is 1.